The first-order chi connectivity index (χ1) is 13.6. The molecule has 0 saturated carbocycles. The summed E-state index contributed by atoms with van der Waals surface area (Å²) in [7, 11) is 1.50. The van der Waals surface area contributed by atoms with Crippen LogP contribution in [-0.4, -0.2) is 22.6 Å². The van der Waals surface area contributed by atoms with Gasteiger partial charge in [0.05, 0.1) is 17.6 Å². The molecule has 28 heavy (non-hydrogen) atoms. The molecule has 0 atom stereocenters. The van der Waals surface area contributed by atoms with Crippen molar-refractivity contribution in [1.82, 2.24) is 9.55 Å². The zero-order valence-corrected chi connectivity index (χ0v) is 14.9. The van der Waals surface area contributed by atoms with Gasteiger partial charge in [0, 0.05) is 18.1 Å². The Balaban J connectivity index is 1.64. The van der Waals surface area contributed by atoms with E-state index >= 15 is 0 Å². The van der Waals surface area contributed by atoms with Crippen LogP contribution in [0.15, 0.2) is 52.9 Å². The number of nitrogens with zero attached hydrogens (tertiary/aromatic N) is 2. The smallest absolute Gasteiger partial charge is 0.375 e. The number of ether oxygens (including phenoxy) is 2. The van der Waals surface area contributed by atoms with Gasteiger partial charge in [-0.25, -0.2) is 9.78 Å². The highest BCUT2D eigenvalue weighted by Crippen LogP contribution is 2.28. The Morgan fingerprint density at radius 1 is 1.14 bits per heavy atom. The minimum Gasteiger partial charge on any atom is -0.452 e. The molecule has 0 unspecified atom stereocenters. The predicted molar refractivity (Wildman–Crippen MR) is 97.0 cm³/mol. The second kappa shape index (κ2) is 7.40. The van der Waals surface area contributed by atoms with Gasteiger partial charge in [0.2, 0.25) is 5.76 Å². The van der Waals surface area contributed by atoms with Crippen LogP contribution in [0.25, 0.3) is 22.0 Å². The van der Waals surface area contributed by atoms with Crippen molar-refractivity contribution < 1.29 is 27.5 Å². The normalized spacial score (nSPS) is 11.6. The summed E-state index contributed by atoms with van der Waals surface area (Å²) in [4.78, 5) is 16.7. The molecule has 8 heteroatoms. The highest BCUT2D eigenvalue weighted by atomic mass is 19.3. The van der Waals surface area contributed by atoms with Crippen LogP contribution in [0.3, 0.4) is 0 Å². The highest BCUT2D eigenvalue weighted by Gasteiger charge is 2.24. The lowest BCUT2D eigenvalue weighted by Crippen LogP contribution is -2.11. The largest absolute Gasteiger partial charge is 0.452 e. The topological polar surface area (TPSA) is 66.5 Å². The number of methoxy groups -OCH3 is 1. The van der Waals surface area contributed by atoms with E-state index in [2.05, 4.69) is 4.98 Å². The summed E-state index contributed by atoms with van der Waals surface area (Å²) >= 11 is 0. The quantitative estimate of drug-likeness (QED) is 0.450. The minimum atomic E-state index is -2.81. The summed E-state index contributed by atoms with van der Waals surface area (Å²) in [5, 5.41) is 0.733. The van der Waals surface area contributed by atoms with Gasteiger partial charge in [-0.15, -0.1) is 0 Å². The lowest BCUT2D eigenvalue weighted by Gasteiger charge is -2.08. The molecule has 0 fully saturated rings. The molecule has 2 aromatic carbocycles. The van der Waals surface area contributed by atoms with Crippen LogP contribution >= 0.6 is 0 Å². The first-order valence-corrected chi connectivity index (χ1v) is 8.50. The number of aromatic nitrogens is 2. The predicted octanol–water partition coefficient (Wildman–Crippen LogP) is 4.68. The highest BCUT2D eigenvalue weighted by molar-refractivity contribution is 5.96. The van der Waals surface area contributed by atoms with Crippen molar-refractivity contribution in [3.8, 4) is 0 Å². The van der Waals surface area contributed by atoms with Crippen molar-refractivity contribution in [3.63, 3.8) is 0 Å². The third-order valence-electron chi connectivity index (χ3n) is 4.37. The number of carbonyl (C=O) groups excluding carboxylic acids is 1. The number of halogens is 2. The lowest BCUT2D eigenvalue weighted by atomic mass is 10.1. The molecule has 0 aliphatic heterocycles. The molecule has 0 amide bonds. The molecule has 6 nitrogen and oxygen atoms in total. The van der Waals surface area contributed by atoms with Crippen LogP contribution in [0, 0.1) is 0 Å². The Hall–Kier alpha value is -3.26. The molecule has 0 aliphatic carbocycles. The summed E-state index contributed by atoms with van der Waals surface area (Å²) in [6, 6.07) is 13.6. The number of esters is 1. The molecule has 0 bridgehead atoms. The van der Waals surface area contributed by atoms with Crippen LogP contribution in [0.4, 0.5) is 8.78 Å². The lowest BCUT2D eigenvalue weighted by molar-refractivity contribution is 0.0355. The van der Waals surface area contributed by atoms with Gasteiger partial charge in [0.1, 0.15) is 12.2 Å². The van der Waals surface area contributed by atoms with Crippen molar-refractivity contribution >= 4 is 28.0 Å². The van der Waals surface area contributed by atoms with E-state index in [1.807, 2.05) is 6.07 Å². The van der Waals surface area contributed by atoms with Crippen LogP contribution in [0.2, 0.25) is 0 Å². The zero-order valence-electron chi connectivity index (χ0n) is 14.9. The van der Waals surface area contributed by atoms with Gasteiger partial charge in [-0.3, -0.25) is 4.57 Å². The van der Waals surface area contributed by atoms with Crippen LogP contribution in [-0.2, 0) is 22.7 Å². The molecular formula is C20H16F2N2O4. The SMILES string of the molecule is COCc1c(C(=O)OCc2nc3ccccc3n2C(F)F)oc2ccccc12. The van der Waals surface area contributed by atoms with Gasteiger partial charge in [0.15, 0.2) is 5.82 Å². The van der Waals surface area contributed by atoms with Gasteiger partial charge < -0.3 is 13.9 Å². The summed E-state index contributed by atoms with van der Waals surface area (Å²) in [5.74, 6) is -0.826. The maximum Gasteiger partial charge on any atom is 0.375 e. The Kier molecular flexibility index (Phi) is 4.79. The molecular weight excluding hydrogens is 370 g/mol. The molecule has 0 N–H and O–H groups in total. The number of carbonyl (C=O) groups is 1. The van der Waals surface area contributed by atoms with Gasteiger partial charge in [-0.1, -0.05) is 30.3 Å². The van der Waals surface area contributed by atoms with Crippen molar-refractivity contribution in [1.29, 1.82) is 0 Å². The second-order valence-corrected chi connectivity index (χ2v) is 6.08. The third kappa shape index (κ3) is 3.11. The number of furan rings is 1. The van der Waals surface area contributed by atoms with E-state index in [9.17, 15) is 13.6 Å². The Morgan fingerprint density at radius 3 is 2.68 bits per heavy atom. The number of imidazole rings is 1. The van der Waals surface area contributed by atoms with Crippen molar-refractivity contribution in [2.75, 3.05) is 7.11 Å². The Morgan fingerprint density at radius 2 is 1.89 bits per heavy atom. The van der Waals surface area contributed by atoms with E-state index < -0.39 is 19.1 Å². The molecule has 0 spiro atoms. The standard InChI is InChI=1S/C20H16F2N2O4/c1-26-10-13-12-6-2-5-9-16(12)28-18(13)19(25)27-11-17-23-14-7-3-4-8-15(14)24(17)20(21)22/h2-9,20H,10-11H2,1H3. The fraction of sp³-hybridized carbons (Fsp3) is 0.200. The van der Waals surface area contributed by atoms with Gasteiger partial charge in [-0.2, -0.15) is 8.78 Å². The number of alkyl halides is 2. The second-order valence-electron chi connectivity index (χ2n) is 6.08. The van der Waals surface area contributed by atoms with Crippen LogP contribution in [0.5, 0.6) is 0 Å². The van der Waals surface area contributed by atoms with Gasteiger partial charge in [-0.05, 0) is 18.2 Å². The maximum absolute atomic E-state index is 13.5. The van der Waals surface area contributed by atoms with E-state index in [0.717, 1.165) is 9.95 Å². The molecule has 4 rings (SSSR count). The van der Waals surface area contributed by atoms with E-state index in [1.54, 1.807) is 36.4 Å². The van der Waals surface area contributed by atoms with Crippen LogP contribution < -0.4 is 0 Å². The maximum atomic E-state index is 13.5. The van der Waals surface area contributed by atoms with Crippen molar-refractivity contribution in [2.45, 2.75) is 19.8 Å². The van der Waals surface area contributed by atoms with Crippen molar-refractivity contribution in [2.24, 2.45) is 0 Å². The molecule has 144 valence electrons. The fourth-order valence-electron chi connectivity index (χ4n) is 3.16. The summed E-state index contributed by atoms with van der Waals surface area (Å²) in [5.41, 5.74) is 1.73. The first kappa shape index (κ1) is 18.1. The molecule has 0 radical (unpaired) electrons. The number of para-hydroxylation sites is 3. The average Bonchev–Trinajstić information content (AvgIpc) is 3.25. The fourth-order valence-corrected chi connectivity index (χ4v) is 3.16. The van der Waals surface area contributed by atoms with Gasteiger partial charge in [0.25, 0.3) is 0 Å². The minimum absolute atomic E-state index is 0.0113. The average molecular weight is 386 g/mol. The van der Waals surface area contributed by atoms with Gasteiger partial charge >= 0.3 is 12.5 Å². The molecule has 0 saturated heterocycles. The summed E-state index contributed by atoms with van der Waals surface area (Å²) < 4.78 is 43.7. The number of hydrogen-bond donors (Lipinski definition) is 0. The summed E-state index contributed by atoms with van der Waals surface area (Å²) in [6.07, 6.45) is 0. The number of rotatable bonds is 6. The number of fused-ring (bicyclic) bond motifs is 2. The van der Waals surface area contributed by atoms with Crippen molar-refractivity contribution in [3.05, 3.63) is 65.7 Å². The summed E-state index contributed by atoms with van der Waals surface area (Å²) in [6.45, 7) is -3.07. The Labute approximate surface area is 158 Å². The zero-order chi connectivity index (χ0) is 19.7. The molecule has 4 aromatic rings. The molecule has 2 heterocycles. The first-order valence-electron chi connectivity index (χ1n) is 8.50. The Bertz CT molecular complexity index is 1150. The number of hydrogen-bond acceptors (Lipinski definition) is 5. The third-order valence-corrected chi connectivity index (χ3v) is 4.37. The van der Waals surface area contributed by atoms with E-state index in [4.69, 9.17) is 13.9 Å². The van der Waals surface area contributed by atoms with Crippen LogP contribution in [0.1, 0.15) is 28.5 Å². The van der Waals surface area contributed by atoms with E-state index in [-0.39, 0.29) is 23.7 Å². The monoisotopic (exact) mass is 386 g/mol. The van der Waals surface area contributed by atoms with E-state index in [1.165, 1.54) is 13.2 Å². The number of benzene rings is 2. The molecule has 0 aliphatic rings. The molecule has 2 aromatic heterocycles. The van der Waals surface area contributed by atoms with E-state index in [0.29, 0.717) is 16.7 Å².